The number of ether oxygens (including phenoxy) is 2. The average molecular weight is 405 g/mol. The highest BCUT2D eigenvalue weighted by Gasteiger charge is 2.10. The number of nitrogens with zero attached hydrogens (tertiary/aromatic N) is 1. The van der Waals surface area contributed by atoms with Crippen LogP contribution in [0.4, 0.5) is 0 Å². The minimum atomic E-state index is -0.888. The van der Waals surface area contributed by atoms with Crippen molar-refractivity contribution in [2.24, 2.45) is 5.16 Å². The number of oxime groups is 1. The molecule has 0 heterocycles. The van der Waals surface area contributed by atoms with Gasteiger partial charge >= 0.3 is 5.97 Å². The summed E-state index contributed by atoms with van der Waals surface area (Å²) >= 11 is 0. The lowest BCUT2D eigenvalue weighted by Crippen LogP contribution is -2.14. The van der Waals surface area contributed by atoms with Gasteiger partial charge in [-0.15, -0.1) is 0 Å². The van der Waals surface area contributed by atoms with Crippen LogP contribution in [0.3, 0.4) is 0 Å². The summed E-state index contributed by atoms with van der Waals surface area (Å²) in [5.74, 6) is 1.09. The van der Waals surface area contributed by atoms with Crippen LogP contribution in [0.1, 0.15) is 18.1 Å². The van der Waals surface area contributed by atoms with E-state index in [1.165, 1.54) is 0 Å². The molecule has 0 atom stereocenters. The zero-order valence-corrected chi connectivity index (χ0v) is 16.7. The van der Waals surface area contributed by atoms with Gasteiger partial charge in [0.05, 0.1) is 6.42 Å². The van der Waals surface area contributed by atoms with Crippen LogP contribution in [0.2, 0.25) is 0 Å². The minimum absolute atomic E-state index is 0.0596. The van der Waals surface area contributed by atoms with E-state index in [0.29, 0.717) is 29.4 Å². The third-order valence-electron chi connectivity index (χ3n) is 4.08. The van der Waals surface area contributed by atoms with Crippen molar-refractivity contribution >= 4 is 11.7 Å². The molecule has 154 valence electrons. The first-order valence-electron chi connectivity index (χ1n) is 9.59. The van der Waals surface area contributed by atoms with Gasteiger partial charge in [-0.2, -0.15) is 0 Å². The molecule has 0 radical (unpaired) electrons. The van der Waals surface area contributed by atoms with Crippen LogP contribution in [0, 0.1) is 0 Å². The van der Waals surface area contributed by atoms with Crippen LogP contribution in [0.15, 0.2) is 84.0 Å². The number of rotatable bonds is 10. The van der Waals surface area contributed by atoms with Crippen molar-refractivity contribution in [3.63, 3.8) is 0 Å². The molecular formula is C24H23NO5. The van der Waals surface area contributed by atoms with E-state index in [9.17, 15) is 4.79 Å². The van der Waals surface area contributed by atoms with Crippen LogP contribution in [0.25, 0.3) is 0 Å². The fourth-order valence-electron chi connectivity index (χ4n) is 2.74. The van der Waals surface area contributed by atoms with Gasteiger partial charge in [0.25, 0.3) is 0 Å². The highest BCUT2D eigenvalue weighted by Crippen LogP contribution is 2.22. The molecule has 0 aliphatic rings. The first kappa shape index (κ1) is 20.9. The highest BCUT2D eigenvalue weighted by atomic mass is 16.6. The Hall–Kier alpha value is -3.80. The molecule has 0 fully saturated rings. The third-order valence-corrected chi connectivity index (χ3v) is 4.08. The summed E-state index contributed by atoms with van der Waals surface area (Å²) in [6.07, 6.45) is -0.0596. The number of para-hydroxylation sites is 1. The van der Waals surface area contributed by atoms with E-state index in [1.807, 2.05) is 61.5 Å². The molecule has 30 heavy (non-hydrogen) atoms. The topological polar surface area (TPSA) is 77.4 Å². The maximum absolute atomic E-state index is 10.9. The Bertz CT molecular complexity index is 1000. The fourth-order valence-corrected chi connectivity index (χ4v) is 2.74. The van der Waals surface area contributed by atoms with Crippen molar-refractivity contribution in [2.75, 3.05) is 13.2 Å². The van der Waals surface area contributed by atoms with E-state index in [4.69, 9.17) is 19.4 Å². The van der Waals surface area contributed by atoms with E-state index in [1.54, 1.807) is 24.3 Å². The molecule has 0 saturated carbocycles. The predicted molar refractivity (Wildman–Crippen MR) is 114 cm³/mol. The molecule has 6 heteroatoms. The average Bonchev–Trinajstić information content (AvgIpc) is 2.74. The van der Waals surface area contributed by atoms with E-state index in [2.05, 4.69) is 5.16 Å². The van der Waals surface area contributed by atoms with Crippen molar-refractivity contribution in [2.45, 2.75) is 13.3 Å². The molecule has 0 aromatic heterocycles. The van der Waals surface area contributed by atoms with Crippen molar-refractivity contribution in [1.82, 2.24) is 0 Å². The second kappa shape index (κ2) is 10.7. The van der Waals surface area contributed by atoms with Crippen LogP contribution in [-0.4, -0.2) is 30.0 Å². The van der Waals surface area contributed by atoms with E-state index in [0.717, 1.165) is 11.3 Å². The summed E-state index contributed by atoms with van der Waals surface area (Å²) in [6, 6.07) is 24.0. The molecule has 0 aliphatic heterocycles. The Labute approximate surface area is 175 Å². The van der Waals surface area contributed by atoms with Crippen LogP contribution in [0.5, 0.6) is 17.2 Å². The van der Waals surface area contributed by atoms with Gasteiger partial charge in [-0.05, 0) is 48.9 Å². The predicted octanol–water partition coefficient (Wildman–Crippen LogP) is 4.93. The molecule has 0 aliphatic carbocycles. The molecule has 3 rings (SSSR count). The first-order chi connectivity index (χ1) is 14.6. The van der Waals surface area contributed by atoms with Crippen molar-refractivity contribution in [1.29, 1.82) is 0 Å². The van der Waals surface area contributed by atoms with Crippen LogP contribution >= 0.6 is 0 Å². The Kier molecular flexibility index (Phi) is 7.44. The van der Waals surface area contributed by atoms with Gasteiger partial charge < -0.3 is 19.4 Å². The van der Waals surface area contributed by atoms with Gasteiger partial charge in [0.2, 0.25) is 0 Å². The monoisotopic (exact) mass is 405 g/mol. The quantitative estimate of drug-likeness (QED) is 0.382. The lowest BCUT2D eigenvalue weighted by molar-refractivity contribution is -0.136. The standard InChI is InChI=1S/C24H23NO5/c1-2-29-25-23(17-28-21-12-6-8-18(14-21)15-24(26)27)19-9-7-13-22(16-19)30-20-10-4-3-5-11-20/h3-14,16H,2,15,17H2,1H3,(H,26,27). The van der Waals surface area contributed by atoms with Crippen LogP contribution in [-0.2, 0) is 16.1 Å². The van der Waals surface area contributed by atoms with Gasteiger partial charge in [-0.1, -0.05) is 47.6 Å². The molecule has 0 spiro atoms. The summed E-state index contributed by atoms with van der Waals surface area (Å²) in [4.78, 5) is 16.2. The van der Waals surface area contributed by atoms with E-state index >= 15 is 0 Å². The Balaban J connectivity index is 1.75. The van der Waals surface area contributed by atoms with Gasteiger partial charge in [0.15, 0.2) is 0 Å². The summed E-state index contributed by atoms with van der Waals surface area (Å²) < 4.78 is 11.8. The van der Waals surface area contributed by atoms with Crippen LogP contribution < -0.4 is 9.47 Å². The molecule has 1 N–H and O–H groups in total. The molecule has 0 unspecified atom stereocenters. The van der Waals surface area contributed by atoms with Gasteiger partial charge in [-0.3, -0.25) is 4.79 Å². The highest BCUT2D eigenvalue weighted by molar-refractivity contribution is 6.01. The minimum Gasteiger partial charge on any atom is -0.487 e. The Morgan fingerprint density at radius 2 is 1.63 bits per heavy atom. The number of hydrogen-bond acceptors (Lipinski definition) is 5. The number of carboxylic acid groups (broad SMARTS) is 1. The van der Waals surface area contributed by atoms with Crippen molar-refractivity contribution in [3.8, 4) is 17.2 Å². The summed E-state index contributed by atoms with van der Waals surface area (Å²) in [5, 5.41) is 13.2. The molecule has 3 aromatic carbocycles. The molecule has 0 amide bonds. The first-order valence-corrected chi connectivity index (χ1v) is 9.59. The largest absolute Gasteiger partial charge is 0.487 e. The van der Waals surface area contributed by atoms with E-state index in [-0.39, 0.29) is 13.0 Å². The maximum atomic E-state index is 10.9. The summed E-state index contributed by atoms with van der Waals surface area (Å²) in [7, 11) is 0. The Morgan fingerprint density at radius 3 is 2.40 bits per heavy atom. The van der Waals surface area contributed by atoms with E-state index < -0.39 is 5.97 Å². The van der Waals surface area contributed by atoms with Crippen molar-refractivity contribution < 1.29 is 24.2 Å². The van der Waals surface area contributed by atoms with Crippen molar-refractivity contribution in [3.05, 3.63) is 90.0 Å². The normalized spacial score (nSPS) is 11.0. The number of benzene rings is 3. The van der Waals surface area contributed by atoms with Gasteiger partial charge in [0.1, 0.15) is 36.2 Å². The Morgan fingerprint density at radius 1 is 0.900 bits per heavy atom. The lowest BCUT2D eigenvalue weighted by Gasteiger charge is -2.12. The molecule has 0 bridgehead atoms. The van der Waals surface area contributed by atoms with Gasteiger partial charge in [-0.25, -0.2) is 0 Å². The second-order valence-corrected chi connectivity index (χ2v) is 6.41. The van der Waals surface area contributed by atoms with Gasteiger partial charge in [0, 0.05) is 5.56 Å². The molecule has 0 saturated heterocycles. The summed E-state index contributed by atoms with van der Waals surface area (Å²) in [5.41, 5.74) is 2.07. The second-order valence-electron chi connectivity index (χ2n) is 6.41. The summed E-state index contributed by atoms with van der Waals surface area (Å²) in [6.45, 7) is 2.44. The zero-order chi connectivity index (χ0) is 21.2. The number of aliphatic carboxylic acids is 1. The fraction of sp³-hybridized carbons (Fsp3) is 0.167. The maximum Gasteiger partial charge on any atom is 0.307 e. The molecule has 3 aromatic rings. The zero-order valence-electron chi connectivity index (χ0n) is 16.7. The molecule has 6 nitrogen and oxygen atoms in total. The smallest absolute Gasteiger partial charge is 0.307 e. The number of carboxylic acids is 1. The number of hydrogen-bond donors (Lipinski definition) is 1. The number of carbonyl (C=O) groups is 1. The SMILES string of the molecule is CCON=C(COc1cccc(CC(=O)O)c1)c1cccc(Oc2ccccc2)c1. The lowest BCUT2D eigenvalue weighted by atomic mass is 10.1. The molecular weight excluding hydrogens is 382 g/mol. The third kappa shape index (κ3) is 6.38.